The molecule has 0 saturated carbocycles. The molecule has 0 amide bonds. The van der Waals surface area contributed by atoms with Gasteiger partial charge in [-0.05, 0) is 31.2 Å². The van der Waals surface area contributed by atoms with Crippen LogP contribution in [-0.2, 0) is 13.0 Å². The second-order valence-electron chi connectivity index (χ2n) is 3.98. The van der Waals surface area contributed by atoms with Crippen molar-refractivity contribution >= 4 is 0 Å². The van der Waals surface area contributed by atoms with Crippen LogP contribution in [0.2, 0.25) is 0 Å². The van der Waals surface area contributed by atoms with Crippen molar-refractivity contribution in [3.63, 3.8) is 0 Å². The first-order valence-corrected chi connectivity index (χ1v) is 5.81. The fraction of sp³-hybridized carbons (Fsp3) is 0.286. The first-order valence-electron chi connectivity index (χ1n) is 5.81. The SMILES string of the molecule is COc1ccccc1Cn1cccc1CCN. The fourth-order valence-corrected chi connectivity index (χ4v) is 2.00. The molecule has 0 bridgehead atoms. The van der Waals surface area contributed by atoms with E-state index >= 15 is 0 Å². The van der Waals surface area contributed by atoms with Gasteiger partial charge in [0, 0.05) is 17.5 Å². The average Bonchev–Trinajstić information content (AvgIpc) is 2.78. The van der Waals surface area contributed by atoms with E-state index in [1.807, 2.05) is 18.2 Å². The van der Waals surface area contributed by atoms with E-state index in [9.17, 15) is 0 Å². The number of hydrogen-bond acceptors (Lipinski definition) is 2. The minimum Gasteiger partial charge on any atom is -0.496 e. The van der Waals surface area contributed by atoms with E-state index < -0.39 is 0 Å². The predicted molar refractivity (Wildman–Crippen MR) is 69.3 cm³/mol. The van der Waals surface area contributed by atoms with E-state index in [0.29, 0.717) is 6.54 Å². The van der Waals surface area contributed by atoms with Crippen LogP contribution in [0.3, 0.4) is 0 Å². The van der Waals surface area contributed by atoms with E-state index in [4.69, 9.17) is 10.5 Å². The Balaban J connectivity index is 2.22. The zero-order valence-electron chi connectivity index (χ0n) is 10.1. The standard InChI is InChI=1S/C14H18N2O/c1-17-14-7-3-2-5-12(14)11-16-10-4-6-13(16)8-9-15/h2-7,10H,8-9,11,15H2,1H3. The zero-order valence-corrected chi connectivity index (χ0v) is 10.1. The van der Waals surface area contributed by atoms with E-state index in [1.54, 1.807) is 7.11 Å². The molecule has 0 saturated heterocycles. The van der Waals surface area contributed by atoms with Gasteiger partial charge in [0.1, 0.15) is 5.75 Å². The number of aromatic nitrogens is 1. The van der Waals surface area contributed by atoms with Crippen LogP contribution in [0.4, 0.5) is 0 Å². The third-order valence-corrected chi connectivity index (χ3v) is 2.86. The molecule has 3 heteroatoms. The number of benzene rings is 1. The van der Waals surface area contributed by atoms with Gasteiger partial charge in [-0.2, -0.15) is 0 Å². The van der Waals surface area contributed by atoms with Crippen molar-refractivity contribution in [2.75, 3.05) is 13.7 Å². The fourth-order valence-electron chi connectivity index (χ4n) is 2.00. The molecular weight excluding hydrogens is 212 g/mol. The van der Waals surface area contributed by atoms with Crippen molar-refractivity contribution < 1.29 is 4.74 Å². The molecule has 0 radical (unpaired) electrons. The monoisotopic (exact) mass is 230 g/mol. The van der Waals surface area contributed by atoms with Gasteiger partial charge < -0.3 is 15.0 Å². The molecule has 17 heavy (non-hydrogen) atoms. The van der Waals surface area contributed by atoms with Crippen molar-refractivity contribution in [1.29, 1.82) is 0 Å². The average molecular weight is 230 g/mol. The Labute approximate surface area is 102 Å². The molecule has 0 unspecified atom stereocenters. The second kappa shape index (κ2) is 5.55. The highest BCUT2D eigenvalue weighted by Gasteiger charge is 2.05. The smallest absolute Gasteiger partial charge is 0.123 e. The lowest BCUT2D eigenvalue weighted by Gasteiger charge is -2.11. The highest BCUT2D eigenvalue weighted by atomic mass is 16.5. The van der Waals surface area contributed by atoms with Gasteiger partial charge in [-0.3, -0.25) is 0 Å². The van der Waals surface area contributed by atoms with E-state index in [-0.39, 0.29) is 0 Å². The summed E-state index contributed by atoms with van der Waals surface area (Å²) in [6.45, 7) is 1.50. The summed E-state index contributed by atoms with van der Waals surface area (Å²) < 4.78 is 7.57. The molecule has 2 N–H and O–H groups in total. The molecule has 0 aliphatic heterocycles. The Morgan fingerprint density at radius 2 is 2.00 bits per heavy atom. The van der Waals surface area contributed by atoms with Gasteiger partial charge >= 0.3 is 0 Å². The van der Waals surface area contributed by atoms with Crippen LogP contribution in [0.25, 0.3) is 0 Å². The van der Waals surface area contributed by atoms with Gasteiger partial charge in [0.25, 0.3) is 0 Å². The van der Waals surface area contributed by atoms with E-state index in [0.717, 1.165) is 18.7 Å². The normalized spacial score (nSPS) is 10.5. The van der Waals surface area contributed by atoms with Gasteiger partial charge in [-0.25, -0.2) is 0 Å². The largest absolute Gasteiger partial charge is 0.496 e. The molecular formula is C14H18N2O. The molecule has 1 aromatic heterocycles. The summed E-state index contributed by atoms with van der Waals surface area (Å²) in [4.78, 5) is 0. The Morgan fingerprint density at radius 3 is 2.76 bits per heavy atom. The first kappa shape index (κ1) is 11.7. The molecule has 0 aliphatic carbocycles. The van der Waals surface area contributed by atoms with Gasteiger partial charge in [-0.15, -0.1) is 0 Å². The molecule has 0 aliphatic rings. The molecule has 1 heterocycles. The number of hydrogen-bond donors (Lipinski definition) is 1. The maximum atomic E-state index is 5.60. The maximum Gasteiger partial charge on any atom is 0.123 e. The summed E-state index contributed by atoms with van der Waals surface area (Å²) in [5.74, 6) is 0.930. The molecule has 3 nitrogen and oxygen atoms in total. The minimum absolute atomic E-state index is 0.677. The van der Waals surface area contributed by atoms with Crippen LogP contribution < -0.4 is 10.5 Å². The third-order valence-electron chi connectivity index (χ3n) is 2.86. The summed E-state index contributed by atoms with van der Waals surface area (Å²) in [6, 6.07) is 12.3. The van der Waals surface area contributed by atoms with Crippen LogP contribution >= 0.6 is 0 Å². The number of nitrogens with two attached hydrogens (primary N) is 1. The van der Waals surface area contributed by atoms with Gasteiger partial charge in [0.05, 0.1) is 13.7 Å². The van der Waals surface area contributed by atoms with E-state index in [1.165, 1.54) is 11.3 Å². The van der Waals surface area contributed by atoms with E-state index in [2.05, 4.69) is 29.0 Å². The Kier molecular flexibility index (Phi) is 3.83. The summed E-state index contributed by atoms with van der Waals surface area (Å²) in [5, 5.41) is 0. The highest BCUT2D eigenvalue weighted by Crippen LogP contribution is 2.19. The van der Waals surface area contributed by atoms with Crippen LogP contribution in [0.1, 0.15) is 11.3 Å². The summed E-state index contributed by atoms with van der Waals surface area (Å²) in [7, 11) is 1.70. The lowest BCUT2D eigenvalue weighted by atomic mass is 10.2. The van der Waals surface area contributed by atoms with Crippen molar-refractivity contribution in [3.8, 4) is 5.75 Å². The number of para-hydroxylation sites is 1. The number of methoxy groups -OCH3 is 1. The zero-order chi connectivity index (χ0) is 12.1. The van der Waals surface area contributed by atoms with Crippen molar-refractivity contribution in [3.05, 3.63) is 53.9 Å². The Bertz CT molecular complexity index is 477. The van der Waals surface area contributed by atoms with Crippen LogP contribution in [0.5, 0.6) is 5.75 Å². The van der Waals surface area contributed by atoms with Crippen LogP contribution in [0, 0.1) is 0 Å². The summed E-state index contributed by atoms with van der Waals surface area (Å²) in [6.07, 6.45) is 2.99. The lowest BCUT2D eigenvalue weighted by molar-refractivity contribution is 0.408. The van der Waals surface area contributed by atoms with Gasteiger partial charge in [-0.1, -0.05) is 18.2 Å². The molecule has 0 fully saturated rings. The molecule has 2 rings (SSSR count). The molecule has 90 valence electrons. The first-order chi connectivity index (χ1) is 8.35. The van der Waals surface area contributed by atoms with Gasteiger partial charge in [0.15, 0.2) is 0 Å². The number of ether oxygens (including phenoxy) is 1. The molecule has 2 aromatic rings. The van der Waals surface area contributed by atoms with Crippen LogP contribution in [0.15, 0.2) is 42.6 Å². The number of nitrogens with zero attached hydrogens (tertiary/aromatic N) is 1. The maximum absolute atomic E-state index is 5.60. The summed E-state index contributed by atoms with van der Waals surface area (Å²) >= 11 is 0. The quantitative estimate of drug-likeness (QED) is 0.854. The van der Waals surface area contributed by atoms with Crippen LogP contribution in [-0.4, -0.2) is 18.2 Å². The lowest BCUT2D eigenvalue weighted by Crippen LogP contribution is -2.09. The predicted octanol–water partition coefficient (Wildman–Crippen LogP) is 2.05. The minimum atomic E-state index is 0.677. The van der Waals surface area contributed by atoms with Gasteiger partial charge in [0.2, 0.25) is 0 Å². The number of rotatable bonds is 5. The molecule has 0 spiro atoms. The highest BCUT2D eigenvalue weighted by molar-refractivity contribution is 5.33. The Hall–Kier alpha value is -1.74. The Morgan fingerprint density at radius 1 is 1.18 bits per heavy atom. The molecule has 1 aromatic carbocycles. The molecule has 0 atom stereocenters. The second-order valence-corrected chi connectivity index (χ2v) is 3.98. The van der Waals surface area contributed by atoms with Crippen molar-refractivity contribution in [2.45, 2.75) is 13.0 Å². The van der Waals surface area contributed by atoms with Crippen molar-refractivity contribution in [1.82, 2.24) is 4.57 Å². The summed E-state index contributed by atoms with van der Waals surface area (Å²) in [5.41, 5.74) is 8.05. The third kappa shape index (κ3) is 2.68. The van der Waals surface area contributed by atoms with Crippen molar-refractivity contribution in [2.24, 2.45) is 5.73 Å². The topological polar surface area (TPSA) is 40.2 Å².